The molecule has 37 heavy (non-hydrogen) atoms. The molecular formula is C27H42N6O4. The van der Waals surface area contributed by atoms with Gasteiger partial charge in [0.15, 0.2) is 0 Å². The second kappa shape index (κ2) is 9.65. The van der Waals surface area contributed by atoms with E-state index in [-0.39, 0.29) is 24.2 Å². The lowest BCUT2D eigenvalue weighted by atomic mass is 9.80. The molecule has 1 aromatic heterocycles. The summed E-state index contributed by atoms with van der Waals surface area (Å²) >= 11 is 0. The number of hydrogen-bond donors (Lipinski definition) is 3. The first-order valence-electron chi connectivity index (χ1n) is 13.0. The molecule has 204 valence electrons. The van der Waals surface area contributed by atoms with Gasteiger partial charge in [-0.25, -0.2) is 0 Å². The molecule has 0 saturated carbocycles. The number of anilines is 2. The Balaban J connectivity index is 1.61. The molecular weight excluding hydrogens is 472 g/mol. The van der Waals surface area contributed by atoms with Crippen LogP contribution in [0.15, 0.2) is 30.3 Å². The largest absolute Gasteiger partial charge is 0.460 e. The fourth-order valence-electron chi connectivity index (χ4n) is 5.97. The highest BCUT2D eigenvalue weighted by Gasteiger charge is 2.47. The first kappa shape index (κ1) is 27.5. The van der Waals surface area contributed by atoms with Crippen LogP contribution in [0.1, 0.15) is 81.1 Å². The first-order valence-corrected chi connectivity index (χ1v) is 13.0. The standard InChI is InChI=1S/C27H42N6O4/c1-24(2)14-19(15-25(3,4)32(24)34)36-22-29-21(28-18-12-10-9-11-13-18)30-23(31-22)37-20-16-26(5,6)33(35)27(7,8)17-20/h9-13,19-20,34-35H,14-17H2,1-8H3,(H,28,29,30,31). The normalized spacial score (nSPS) is 23.9. The summed E-state index contributed by atoms with van der Waals surface area (Å²) in [5, 5.41) is 27.4. The fourth-order valence-corrected chi connectivity index (χ4v) is 5.97. The van der Waals surface area contributed by atoms with Crippen molar-refractivity contribution in [2.45, 2.75) is 115 Å². The molecule has 0 atom stereocenters. The Bertz CT molecular complexity index is 993. The fraction of sp³-hybridized carbons (Fsp3) is 0.667. The Morgan fingerprint density at radius 1 is 0.676 bits per heavy atom. The number of hydrogen-bond acceptors (Lipinski definition) is 10. The number of nitrogens with one attached hydrogen (secondary N) is 1. The van der Waals surface area contributed by atoms with Crippen molar-refractivity contribution in [3.8, 4) is 12.0 Å². The molecule has 0 amide bonds. The van der Waals surface area contributed by atoms with Crippen molar-refractivity contribution in [3.05, 3.63) is 30.3 Å². The third kappa shape index (κ3) is 6.14. The van der Waals surface area contributed by atoms with Gasteiger partial charge in [-0.3, -0.25) is 0 Å². The van der Waals surface area contributed by atoms with Crippen LogP contribution in [0.4, 0.5) is 11.6 Å². The molecule has 0 spiro atoms. The van der Waals surface area contributed by atoms with Crippen LogP contribution in [0.25, 0.3) is 0 Å². The van der Waals surface area contributed by atoms with Gasteiger partial charge in [-0.05, 0) is 67.5 Å². The number of para-hydroxylation sites is 1. The highest BCUT2D eigenvalue weighted by atomic mass is 16.5. The zero-order valence-electron chi connectivity index (χ0n) is 23.3. The number of ether oxygens (including phenoxy) is 2. The van der Waals surface area contributed by atoms with Crippen LogP contribution in [0, 0.1) is 0 Å². The van der Waals surface area contributed by atoms with E-state index < -0.39 is 22.2 Å². The SMILES string of the molecule is CC1(C)CC(Oc2nc(Nc3ccccc3)nc(OC3CC(C)(C)N(O)C(C)(C)C3)n2)CC(C)(C)N1O. The Hall–Kier alpha value is -2.53. The van der Waals surface area contributed by atoms with Gasteiger partial charge in [0.1, 0.15) is 12.2 Å². The predicted molar refractivity (Wildman–Crippen MR) is 140 cm³/mol. The van der Waals surface area contributed by atoms with Gasteiger partial charge in [0.25, 0.3) is 0 Å². The van der Waals surface area contributed by atoms with Gasteiger partial charge < -0.3 is 25.2 Å². The minimum Gasteiger partial charge on any atom is -0.460 e. The lowest BCUT2D eigenvalue weighted by Crippen LogP contribution is -2.61. The monoisotopic (exact) mass is 514 g/mol. The molecule has 4 rings (SSSR count). The molecule has 10 nitrogen and oxygen atoms in total. The molecule has 2 saturated heterocycles. The Morgan fingerprint density at radius 3 is 1.43 bits per heavy atom. The summed E-state index contributed by atoms with van der Waals surface area (Å²) in [6, 6.07) is 9.99. The molecule has 3 N–H and O–H groups in total. The van der Waals surface area contributed by atoms with Crippen LogP contribution >= 0.6 is 0 Å². The molecule has 2 aliphatic heterocycles. The van der Waals surface area contributed by atoms with Crippen molar-refractivity contribution in [3.63, 3.8) is 0 Å². The van der Waals surface area contributed by atoms with Crippen molar-refractivity contribution < 1.29 is 19.9 Å². The van der Waals surface area contributed by atoms with E-state index >= 15 is 0 Å². The third-order valence-electron chi connectivity index (χ3n) is 7.37. The average molecular weight is 515 g/mol. The Morgan fingerprint density at radius 2 is 1.05 bits per heavy atom. The zero-order chi connectivity index (χ0) is 27.2. The molecule has 1 aromatic carbocycles. The maximum atomic E-state index is 10.7. The third-order valence-corrected chi connectivity index (χ3v) is 7.37. The van der Waals surface area contributed by atoms with Crippen molar-refractivity contribution in [1.82, 2.24) is 25.1 Å². The van der Waals surface area contributed by atoms with Crippen LogP contribution in [-0.4, -0.2) is 69.9 Å². The van der Waals surface area contributed by atoms with Gasteiger partial charge in [-0.2, -0.15) is 20.1 Å². The topological polar surface area (TPSA) is 116 Å². The van der Waals surface area contributed by atoms with Crippen LogP contribution < -0.4 is 14.8 Å². The summed E-state index contributed by atoms with van der Waals surface area (Å²) < 4.78 is 12.6. The minimum absolute atomic E-state index is 0.171. The van der Waals surface area contributed by atoms with E-state index in [4.69, 9.17) is 9.47 Å². The average Bonchev–Trinajstić information content (AvgIpc) is 2.75. The number of benzene rings is 1. The molecule has 2 aliphatic rings. The van der Waals surface area contributed by atoms with Crippen molar-refractivity contribution in [1.29, 1.82) is 0 Å². The molecule has 3 heterocycles. The smallest absolute Gasteiger partial charge is 0.324 e. The quantitative estimate of drug-likeness (QED) is 0.475. The number of hydroxylamine groups is 4. The van der Waals surface area contributed by atoms with Crippen molar-refractivity contribution in [2.75, 3.05) is 5.32 Å². The number of aromatic nitrogens is 3. The Kier molecular flexibility index (Phi) is 7.17. The van der Waals surface area contributed by atoms with Gasteiger partial charge in [0.05, 0.1) is 0 Å². The van der Waals surface area contributed by atoms with Crippen molar-refractivity contribution >= 4 is 11.6 Å². The molecule has 0 unspecified atom stereocenters. The molecule has 0 bridgehead atoms. The van der Waals surface area contributed by atoms with Crippen LogP contribution in [0.3, 0.4) is 0 Å². The van der Waals surface area contributed by atoms with Crippen LogP contribution in [0.5, 0.6) is 12.0 Å². The van der Waals surface area contributed by atoms with E-state index in [0.717, 1.165) is 5.69 Å². The summed E-state index contributed by atoms with van der Waals surface area (Å²) in [5.74, 6) is 0.322. The lowest BCUT2D eigenvalue weighted by molar-refractivity contribution is -0.255. The summed E-state index contributed by atoms with van der Waals surface area (Å²) in [6.07, 6.45) is 2.01. The maximum Gasteiger partial charge on any atom is 0.324 e. The molecule has 2 fully saturated rings. The highest BCUT2D eigenvalue weighted by molar-refractivity contribution is 5.52. The Labute approximate surface area is 219 Å². The van der Waals surface area contributed by atoms with E-state index in [1.807, 2.05) is 85.7 Å². The van der Waals surface area contributed by atoms with E-state index in [2.05, 4.69) is 20.3 Å². The number of nitrogens with zero attached hydrogens (tertiary/aromatic N) is 5. The van der Waals surface area contributed by atoms with Crippen LogP contribution in [-0.2, 0) is 0 Å². The molecule has 0 aliphatic carbocycles. The van der Waals surface area contributed by atoms with E-state index in [1.54, 1.807) is 0 Å². The van der Waals surface area contributed by atoms with E-state index in [1.165, 1.54) is 10.1 Å². The summed E-state index contributed by atoms with van der Waals surface area (Å²) in [4.78, 5) is 13.6. The summed E-state index contributed by atoms with van der Waals surface area (Å²) in [5.41, 5.74) is -1.06. The highest BCUT2D eigenvalue weighted by Crippen LogP contribution is 2.39. The molecule has 10 heteroatoms. The van der Waals surface area contributed by atoms with Crippen LogP contribution in [0.2, 0.25) is 0 Å². The maximum absolute atomic E-state index is 10.7. The second-order valence-corrected chi connectivity index (χ2v) is 12.9. The summed E-state index contributed by atoms with van der Waals surface area (Å²) in [6.45, 7) is 15.9. The lowest BCUT2D eigenvalue weighted by Gasteiger charge is -2.51. The van der Waals surface area contributed by atoms with Gasteiger partial charge in [-0.1, -0.05) is 18.2 Å². The predicted octanol–water partition coefficient (Wildman–Crippen LogP) is 5.19. The van der Waals surface area contributed by atoms with Gasteiger partial charge in [-0.15, -0.1) is 4.98 Å². The molecule has 2 aromatic rings. The minimum atomic E-state index is -0.473. The van der Waals surface area contributed by atoms with Gasteiger partial charge >= 0.3 is 12.0 Å². The second-order valence-electron chi connectivity index (χ2n) is 12.9. The van der Waals surface area contributed by atoms with E-state index in [0.29, 0.717) is 31.6 Å². The first-order chi connectivity index (χ1) is 17.1. The van der Waals surface area contributed by atoms with Crippen molar-refractivity contribution in [2.24, 2.45) is 0 Å². The van der Waals surface area contributed by atoms with E-state index in [9.17, 15) is 10.4 Å². The number of piperidine rings is 2. The van der Waals surface area contributed by atoms with Gasteiger partial charge in [0.2, 0.25) is 5.95 Å². The summed E-state index contributed by atoms with van der Waals surface area (Å²) in [7, 11) is 0. The molecule has 0 radical (unpaired) electrons. The number of rotatable bonds is 6. The zero-order valence-corrected chi connectivity index (χ0v) is 23.3. The van der Waals surface area contributed by atoms with Gasteiger partial charge in [0, 0.05) is 53.5 Å².